The fourth-order valence-corrected chi connectivity index (χ4v) is 2.59. The lowest BCUT2D eigenvalue weighted by Gasteiger charge is -2.05. The Kier molecular flexibility index (Phi) is 4.57. The Morgan fingerprint density at radius 3 is 2.90 bits per heavy atom. The van der Waals surface area contributed by atoms with Gasteiger partial charge in [0, 0.05) is 12.0 Å². The second-order valence-corrected chi connectivity index (χ2v) is 5.26. The van der Waals surface area contributed by atoms with Crippen molar-refractivity contribution in [1.29, 1.82) is 0 Å². The van der Waals surface area contributed by atoms with Gasteiger partial charge in [-0.3, -0.25) is 4.79 Å². The minimum absolute atomic E-state index is 0.0483. The minimum atomic E-state index is -0.0483. The number of aromatic nitrogens is 1. The van der Waals surface area contributed by atoms with Crippen LogP contribution in [0.5, 0.6) is 5.75 Å². The average Bonchev–Trinajstić information content (AvgIpc) is 2.79. The number of carbonyl (C=O) groups excluding carboxylic acids is 1. The van der Waals surface area contributed by atoms with E-state index < -0.39 is 0 Å². The van der Waals surface area contributed by atoms with Gasteiger partial charge in [-0.2, -0.15) is 0 Å². The van der Waals surface area contributed by atoms with Gasteiger partial charge in [-0.05, 0) is 18.6 Å². The first-order chi connectivity index (χ1) is 9.65. The van der Waals surface area contributed by atoms with Crippen molar-refractivity contribution in [3.63, 3.8) is 0 Å². The highest BCUT2D eigenvalue weighted by atomic mass is 32.1. The van der Waals surface area contributed by atoms with Crippen LogP contribution in [0, 0.1) is 0 Å². The molecular formula is C14H17N3O2S. The maximum absolute atomic E-state index is 11.6. The molecule has 0 unspecified atom stereocenters. The van der Waals surface area contributed by atoms with Crippen molar-refractivity contribution in [2.75, 3.05) is 18.2 Å². The number of ether oxygens (including phenoxy) is 1. The standard InChI is InChI=1S/C14H17N3O2S/c1-3-6-11(18)16-14-17-12(13(15)20-14)9-7-4-5-8-10(9)19-2/h4-5,7-8H,3,6,15H2,1-2H3,(H,16,17,18). The third-order valence-corrected chi connectivity index (χ3v) is 3.54. The smallest absolute Gasteiger partial charge is 0.226 e. The Balaban J connectivity index is 2.29. The van der Waals surface area contributed by atoms with Crippen LogP contribution in [0.15, 0.2) is 24.3 Å². The van der Waals surface area contributed by atoms with Gasteiger partial charge >= 0.3 is 0 Å². The number of para-hydroxylation sites is 1. The van der Waals surface area contributed by atoms with Gasteiger partial charge in [0.05, 0.1) is 7.11 Å². The van der Waals surface area contributed by atoms with E-state index in [1.54, 1.807) is 7.11 Å². The molecule has 0 aliphatic carbocycles. The Morgan fingerprint density at radius 1 is 1.45 bits per heavy atom. The minimum Gasteiger partial charge on any atom is -0.496 e. The molecule has 1 heterocycles. The van der Waals surface area contributed by atoms with Crippen molar-refractivity contribution in [2.45, 2.75) is 19.8 Å². The molecule has 0 fully saturated rings. The van der Waals surface area contributed by atoms with Crippen molar-refractivity contribution < 1.29 is 9.53 Å². The van der Waals surface area contributed by atoms with Gasteiger partial charge in [-0.25, -0.2) is 4.98 Å². The molecule has 106 valence electrons. The molecule has 2 rings (SSSR count). The van der Waals surface area contributed by atoms with Crippen LogP contribution in [0.2, 0.25) is 0 Å². The first-order valence-corrected chi connectivity index (χ1v) is 7.17. The van der Waals surface area contributed by atoms with Crippen molar-refractivity contribution in [2.24, 2.45) is 0 Å². The second-order valence-electron chi connectivity index (χ2n) is 4.23. The topological polar surface area (TPSA) is 77.2 Å². The summed E-state index contributed by atoms with van der Waals surface area (Å²) in [7, 11) is 1.60. The summed E-state index contributed by atoms with van der Waals surface area (Å²) in [6.07, 6.45) is 1.27. The molecule has 0 radical (unpaired) electrons. The summed E-state index contributed by atoms with van der Waals surface area (Å²) in [6, 6.07) is 7.52. The molecule has 3 N–H and O–H groups in total. The summed E-state index contributed by atoms with van der Waals surface area (Å²) in [5.41, 5.74) is 7.45. The largest absolute Gasteiger partial charge is 0.496 e. The van der Waals surface area contributed by atoms with Crippen LogP contribution < -0.4 is 15.8 Å². The number of hydrogen-bond donors (Lipinski definition) is 2. The van der Waals surface area contributed by atoms with Crippen LogP contribution in [-0.4, -0.2) is 18.0 Å². The zero-order chi connectivity index (χ0) is 14.5. The van der Waals surface area contributed by atoms with E-state index in [1.165, 1.54) is 11.3 Å². The van der Waals surface area contributed by atoms with Crippen LogP contribution >= 0.6 is 11.3 Å². The normalized spacial score (nSPS) is 10.3. The van der Waals surface area contributed by atoms with Crippen LogP contribution in [0.25, 0.3) is 11.3 Å². The highest BCUT2D eigenvalue weighted by molar-refractivity contribution is 7.20. The molecule has 0 saturated heterocycles. The first-order valence-electron chi connectivity index (χ1n) is 6.35. The molecule has 6 heteroatoms. The predicted octanol–water partition coefficient (Wildman–Crippen LogP) is 3.14. The fraction of sp³-hybridized carbons (Fsp3) is 0.286. The summed E-state index contributed by atoms with van der Waals surface area (Å²) in [4.78, 5) is 16.0. The number of thiazole rings is 1. The van der Waals surface area contributed by atoms with Crippen LogP contribution in [0.4, 0.5) is 10.1 Å². The van der Waals surface area contributed by atoms with Gasteiger partial charge in [0.2, 0.25) is 5.91 Å². The monoisotopic (exact) mass is 291 g/mol. The van der Waals surface area contributed by atoms with Crippen molar-refractivity contribution in [3.05, 3.63) is 24.3 Å². The van der Waals surface area contributed by atoms with E-state index in [4.69, 9.17) is 10.5 Å². The van der Waals surface area contributed by atoms with Crippen molar-refractivity contribution in [1.82, 2.24) is 4.98 Å². The van der Waals surface area contributed by atoms with Gasteiger partial charge in [0.15, 0.2) is 5.13 Å². The van der Waals surface area contributed by atoms with Crippen molar-refractivity contribution >= 4 is 27.4 Å². The Bertz CT molecular complexity index is 610. The highest BCUT2D eigenvalue weighted by Gasteiger charge is 2.15. The first kappa shape index (κ1) is 14.3. The average molecular weight is 291 g/mol. The van der Waals surface area contributed by atoms with E-state index in [-0.39, 0.29) is 5.91 Å². The number of methoxy groups -OCH3 is 1. The fourth-order valence-electron chi connectivity index (χ4n) is 1.83. The summed E-state index contributed by atoms with van der Waals surface area (Å²) in [5.74, 6) is 0.656. The molecule has 1 aromatic heterocycles. The van der Waals surface area contributed by atoms with E-state index >= 15 is 0 Å². The van der Waals surface area contributed by atoms with Crippen LogP contribution in [0.3, 0.4) is 0 Å². The van der Waals surface area contributed by atoms with E-state index in [9.17, 15) is 4.79 Å². The van der Waals surface area contributed by atoms with E-state index in [0.29, 0.717) is 28.0 Å². The Labute approximate surface area is 121 Å². The third kappa shape index (κ3) is 3.08. The molecule has 0 atom stereocenters. The number of anilines is 2. The van der Waals surface area contributed by atoms with Gasteiger partial charge in [-0.15, -0.1) is 0 Å². The Hall–Kier alpha value is -2.08. The molecule has 1 amide bonds. The maximum Gasteiger partial charge on any atom is 0.226 e. The number of nitrogen functional groups attached to an aromatic ring is 1. The SMILES string of the molecule is CCCC(=O)Nc1nc(-c2ccccc2OC)c(N)s1. The predicted molar refractivity (Wildman–Crippen MR) is 82.1 cm³/mol. The lowest BCUT2D eigenvalue weighted by Crippen LogP contribution is -2.10. The zero-order valence-electron chi connectivity index (χ0n) is 11.5. The quantitative estimate of drug-likeness (QED) is 0.887. The van der Waals surface area contributed by atoms with Gasteiger partial charge in [0.1, 0.15) is 16.4 Å². The number of amides is 1. The number of nitrogens with two attached hydrogens (primary N) is 1. The number of nitrogens with zero attached hydrogens (tertiary/aromatic N) is 1. The summed E-state index contributed by atoms with van der Waals surface area (Å²) < 4.78 is 5.31. The highest BCUT2D eigenvalue weighted by Crippen LogP contribution is 2.37. The number of nitrogens with one attached hydrogen (secondary N) is 1. The van der Waals surface area contributed by atoms with Crippen LogP contribution in [-0.2, 0) is 4.79 Å². The molecule has 5 nitrogen and oxygen atoms in total. The molecule has 0 saturated carbocycles. The zero-order valence-corrected chi connectivity index (χ0v) is 12.3. The number of benzene rings is 1. The second kappa shape index (κ2) is 6.38. The number of carbonyl (C=O) groups is 1. The molecular weight excluding hydrogens is 274 g/mol. The third-order valence-electron chi connectivity index (χ3n) is 2.74. The van der Waals surface area contributed by atoms with E-state index in [2.05, 4.69) is 10.3 Å². The van der Waals surface area contributed by atoms with Gasteiger partial charge in [-0.1, -0.05) is 30.4 Å². The van der Waals surface area contributed by atoms with Gasteiger partial charge < -0.3 is 15.8 Å². The Morgan fingerprint density at radius 2 is 2.20 bits per heavy atom. The molecule has 0 aliphatic rings. The molecule has 0 spiro atoms. The van der Waals surface area contributed by atoms with Crippen LogP contribution in [0.1, 0.15) is 19.8 Å². The molecule has 20 heavy (non-hydrogen) atoms. The number of rotatable bonds is 5. The lowest BCUT2D eigenvalue weighted by atomic mass is 10.1. The lowest BCUT2D eigenvalue weighted by molar-refractivity contribution is -0.116. The van der Waals surface area contributed by atoms with E-state index in [0.717, 1.165) is 12.0 Å². The summed E-state index contributed by atoms with van der Waals surface area (Å²) >= 11 is 1.26. The summed E-state index contributed by atoms with van der Waals surface area (Å²) in [5, 5.41) is 3.83. The maximum atomic E-state index is 11.6. The van der Waals surface area contributed by atoms with Crippen molar-refractivity contribution in [3.8, 4) is 17.0 Å². The summed E-state index contributed by atoms with van der Waals surface area (Å²) in [6.45, 7) is 1.95. The number of hydrogen-bond acceptors (Lipinski definition) is 5. The van der Waals surface area contributed by atoms with E-state index in [1.807, 2.05) is 31.2 Å². The molecule has 0 aliphatic heterocycles. The van der Waals surface area contributed by atoms with Gasteiger partial charge in [0.25, 0.3) is 0 Å². The molecule has 1 aromatic carbocycles. The molecule has 0 bridgehead atoms. The molecule has 2 aromatic rings.